The van der Waals surface area contributed by atoms with Crippen LogP contribution in [0, 0.1) is 6.92 Å². The molecule has 0 saturated heterocycles. The van der Waals surface area contributed by atoms with Crippen molar-refractivity contribution in [2.75, 3.05) is 0 Å². The van der Waals surface area contributed by atoms with Crippen LogP contribution in [0.2, 0.25) is 0 Å². The summed E-state index contributed by atoms with van der Waals surface area (Å²) in [5, 5.41) is 1.15. The van der Waals surface area contributed by atoms with Gasteiger partial charge in [0.1, 0.15) is 0 Å². The molecule has 1 atom stereocenters. The first-order valence-electron chi connectivity index (χ1n) is 13.0. The fraction of sp³-hybridized carbons (Fsp3) is 0.182. The minimum Gasteiger partial charge on any atom is -0.405 e. The highest BCUT2D eigenvalue weighted by atomic mass is 15.0. The fourth-order valence-electron chi connectivity index (χ4n) is 4.89. The Morgan fingerprint density at radius 2 is 1.74 bits per heavy atom. The topological polar surface area (TPSA) is 69.1 Å². The number of aromatic nitrogens is 3. The van der Waals surface area contributed by atoms with Gasteiger partial charge in [0, 0.05) is 30.5 Å². The number of hydrogen-bond acceptors (Lipinski definition) is 4. The highest BCUT2D eigenvalue weighted by molar-refractivity contribution is 5.81. The quantitative estimate of drug-likeness (QED) is 0.239. The van der Waals surface area contributed by atoms with Crippen molar-refractivity contribution < 1.29 is 0 Å². The van der Waals surface area contributed by atoms with Gasteiger partial charge in [-0.1, -0.05) is 55.0 Å². The summed E-state index contributed by atoms with van der Waals surface area (Å²) < 4.78 is 2.01. The number of imidazole rings is 1. The predicted molar refractivity (Wildman–Crippen MR) is 157 cm³/mol. The summed E-state index contributed by atoms with van der Waals surface area (Å²) in [5.41, 5.74) is 15.7. The van der Waals surface area contributed by atoms with Gasteiger partial charge in [0.25, 0.3) is 0 Å². The van der Waals surface area contributed by atoms with Crippen LogP contribution in [0.15, 0.2) is 103 Å². The molecule has 0 saturated carbocycles. The van der Waals surface area contributed by atoms with Crippen LogP contribution < -0.4 is 5.73 Å². The van der Waals surface area contributed by atoms with Crippen molar-refractivity contribution in [3.05, 3.63) is 137 Å². The van der Waals surface area contributed by atoms with E-state index in [1.54, 1.807) is 12.3 Å². The number of benzene rings is 3. The molecule has 5 heteroatoms. The maximum atomic E-state index is 5.38. The van der Waals surface area contributed by atoms with Gasteiger partial charge in [-0.15, -0.1) is 0 Å². The Balaban J connectivity index is 1.52. The summed E-state index contributed by atoms with van der Waals surface area (Å²) in [6.45, 7) is 4.29. The van der Waals surface area contributed by atoms with E-state index < -0.39 is 0 Å². The Bertz CT molecular complexity index is 1590. The lowest BCUT2D eigenvalue weighted by atomic mass is 9.87. The van der Waals surface area contributed by atoms with Gasteiger partial charge < -0.3 is 10.3 Å². The fourth-order valence-corrected chi connectivity index (χ4v) is 4.89. The third kappa shape index (κ3) is 5.57. The number of nitrogens with zero attached hydrogens (tertiary/aromatic N) is 4. The van der Waals surface area contributed by atoms with Crippen molar-refractivity contribution in [3.8, 4) is 0 Å². The number of aliphatic imine (C=N–C) groups is 1. The van der Waals surface area contributed by atoms with Gasteiger partial charge in [-0.05, 0) is 84.6 Å². The SMILES string of the molecule is CCc1nc2ccc(C(c3ccc(C)cc3)c3cn(C)cn3)cc2cc1Cc1ccc(N=CC=CN)cc1. The van der Waals surface area contributed by atoms with E-state index in [1.807, 2.05) is 30.1 Å². The van der Waals surface area contributed by atoms with Gasteiger partial charge in [-0.25, -0.2) is 4.98 Å². The summed E-state index contributed by atoms with van der Waals surface area (Å²) in [5.74, 6) is 0.0534. The summed E-state index contributed by atoms with van der Waals surface area (Å²) in [7, 11) is 2.02. The van der Waals surface area contributed by atoms with E-state index in [2.05, 4.69) is 85.7 Å². The molecule has 2 N–H and O–H groups in total. The highest BCUT2D eigenvalue weighted by Gasteiger charge is 2.20. The Kier molecular flexibility index (Phi) is 7.45. The van der Waals surface area contributed by atoms with Crippen molar-refractivity contribution in [1.82, 2.24) is 14.5 Å². The molecule has 0 aliphatic rings. The van der Waals surface area contributed by atoms with Crippen LogP contribution >= 0.6 is 0 Å². The molecule has 38 heavy (non-hydrogen) atoms. The average molecular weight is 500 g/mol. The van der Waals surface area contributed by atoms with Gasteiger partial charge >= 0.3 is 0 Å². The maximum Gasteiger partial charge on any atom is 0.0947 e. The molecule has 5 nitrogen and oxygen atoms in total. The van der Waals surface area contributed by atoms with E-state index in [9.17, 15) is 0 Å². The minimum absolute atomic E-state index is 0.0534. The Hall–Kier alpha value is -4.51. The molecule has 5 aromatic rings. The summed E-state index contributed by atoms with van der Waals surface area (Å²) in [4.78, 5) is 14.2. The van der Waals surface area contributed by atoms with Gasteiger partial charge in [-0.3, -0.25) is 9.98 Å². The number of rotatable bonds is 8. The van der Waals surface area contributed by atoms with Crippen LogP contribution in [-0.4, -0.2) is 20.7 Å². The molecule has 2 aromatic heterocycles. The number of fused-ring (bicyclic) bond motifs is 1. The summed E-state index contributed by atoms with van der Waals surface area (Å²) in [6, 6.07) is 26.1. The Labute approximate surface area is 224 Å². The van der Waals surface area contributed by atoms with Gasteiger partial charge in [0.05, 0.1) is 29.1 Å². The molecular weight excluding hydrogens is 466 g/mol. The molecule has 1 unspecified atom stereocenters. The highest BCUT2D eigenvalue weighted by Crippen LogP contribution is 2.33. The molecule has 0 bridgehead atoms. The zero-order valence-electron chi connectivity index (χ0n) is 22.2. The van der Waals surface area contributed by atoms with Gasteiger partial charge in [-0.2, -0.15) is 0 Å². The first-order chi connectivity index (χ1) is 18.5. The normalized spacial score (nSPS) is 12.6. The van der Waals surface area contributed by atoms with Crippen LogP contribution in [0.3, 0.4) is 0 Å². The zero-order valence-corrected chi connectivity index (χ0v) is 22.2. The van der Waals surface area contributed by atoms with E-state index in [0.717, 1.165) is 40.8 Å². The van der Waals surface area contributed by atoms with Crippen molar-refractivity contribution in [2.24, 2.45) is 17.8 Å². The van der Waals surface area contributed by atoms with Crippen LogP contribution in [0.4, 0.5) is 5.69 Å². The molecule has 0 aliphatic heterocycles. The number of hydrogen-bond donors (Lipinski definition) is 1. The van der Waals surface area contributed by atoms with Gasteiger partial charge in [0.2, 0.25) is 0 Å². The molecular formula is C33H33N5. The summed E-state index contributed by atoms with van der Waals surface area (Å²) >= 11 is 0. The van der Waals surface area contributed by atoms with Crippen molar-refractivity contribution in [2.45, 2.75) is 32.6 Å². The van der Waals surface area contributed by atoms with E-state index in [4.69, 9.17) is 15.7 Å². The van der Waals surface area contributed by atoms with E-state index in [0.29, 0.717) is 0 Å². The maximum absolute atomic E-state index is 5.38. The van der Waals surface area contributed by atoms with Crippen molar-refractivity contribution >= 4 is 22.8 Å². The van der Waals surface area contributed by atoms with Gasteiger partial charge in [0.15, 0.2) is 0 Å². The van der Waals surface area contributed by atoms with Crippen LogP contribution in [0.5, 0.6) is 0 Å². The third-order valence-electron chi connectivity index (χ3n) is 6.86. The van der Waals surface area contributed by atoms with Crippen molar-refractivity contribution in [1.29, 1.82) is 0 Å². The lowest BCUT2D eigenvalue weighted by Crippen LogP contribution is -2.05. The van der Waals surface area contributed by atoms with E-state index >= 15 is 0 Å². The van der Waals surface area contributed by atoms with Crippen LogP contribution in [0.1, 0.15) is 52.0 Å². The number of allylic oxidation sites excluding steroid dienone is 1. The Morgan fingerprint density at radius 1 is 0.974 bits per heavy atom. The minimum atomic E-state index is 0.0534. The molecule has 3 aromatic carbocycles. The predicted octanol–water partition coefficient (Wildman–Crippen LogP) is 6.78. The first-order valence-corrected chi connectivity index (χ1v) is 13.0. The average Bonchev–Trinajstić information content (AvgIpc) is 3.36. The van der Waals surface area contributed by atoms with E-state index in [-0.39, 0.29) is 5.92 Å². The molecule has 0 aliphatic carbocycles. The first kappa shape index (κ1) is 25.2. The molecule has 0 fully saturated rings. The molecule has 0 amide bonds. The van der Waals surface area contributed by atoms with Crippen LogP contribution in [0.25, 0.3) is 10.9 Å². The molecule has 0 radical (unpaired) electrons. The smallest absolute Gasteiger partial charge is 0.0947 e. The second kappa shape index (κ2) is 11.3. The van der Waals surface area contributed by atoms with Crippen LogP contribution in [-0.2, 0) is 19.9 Å². The Morgan fingerprint density at radius 3 is 2.42 bits per heavy atom. The van der Waals surface area contributed by atoms with Crippen molar-refractivity contribution in [3.63, 3.8) is 0 Å². The number of pyridine rings is 1. The largest absolute Gasteiger partial charge is 0.405 e. The monoisotopic (exact) mass is 499 g/mol. The summed E-state index contributed by atoms with van der Waals surface area (Å²) in [6.07, 6.45) is 10.6. The molecule has 5 rings (SSSR count). The molecule has 190 valence electrons. The number of nitrogens with two attached hydrogens (primary N) is 1. The van der Waals surface area contributed by atoms with E-state index in [1.165, 1.54) is 34.0 Å². The third-order valence-corrected chi connectivity index (χ3v) is 6.86. The zero-order chi connectivity index (χ0) is 26.5. The lowest BCUT2D eigenvalue weighted by Gasteiger charge is -2.18. The molecule has 0 spiro atoms. The number of aryl methyl sites for hydroxylation is 3. The standard InChI is InChI=1S/C33H33N5/c1-4-30-27(18-24-8-13-29(14-9-24)35-17-5-16-34)20-28-19-26(12-15-31(28)37-30)33(32-21-38(3)22-36-32)25-10-6-23(2)7-11-25/h5-17,19-22,33H,4,18,34H2,1-3H3. The lowest BCUT2D eigenvalue weighted by molar-refractivity contribution is 0.905. The second-order valence-electron chi connectivity index (χ2n) is 9.71. The second-order valence-corrected chi connectivity index (χ2v) is 9.71. The molecule has 2 heterocycles.